The molecule has 0 radical (unpaired) electrons. The van der Waals surface area contributed by atoms with Crippen molar-refractivity contribution in [1.29, 1.82) is 0 Å². The van der Waals surface area contributed by atoms with Crippen LogP contribution in [0.4, 0.5) is 0 Å². The fourth-order valence-corrected chi connectivity index (χ4v) is 6.64. The summed E-state index contributed by atoms with van der Waals surface area (Å²) in [5.74, 6) is 0. The third-order valence-electron chi connectivity index (χ3n) is 4.57. The molecule has 0 unspecified atom stereocenters. The van der Waals surface area contributed by atoms with Crippen LogP contribution < -0.4 is 0 Å². The van der Waals surface area contributed by atoms with Gasteiger partial charge in [0.2, 0.25) is 20.0 Å². The lowest BCUT2D eigenvalue weighted by atomic mass is 10.2. The van der Waals surface area contributed by atoms with E-state index >= 15 is 0 Å². The van der Waals surface area contributed by atoms with E-state index in [-0.39, 0.29) is 22.9 Å². The van der Waals surface area contributed by atoms with Gasteiger partial charge < -0.3 is 0 Å². The second-order valence-corrected chi connectivity index (χ2v) is 10.3. The molecule has 3 rings (SSSR count). The summed E-state index contributed by atoms with van der Waals surface area (Å²) in [7, 11) is -7.33. The van der Waals surface area contributed by atoms with E-state index < -0.39 is 32.1 Å². The zero-order chi connectivity index (χ0) is 18.9. The van der Waals surface area contributed by atoms with Crippen molar-refractivity contribution >= 4 is 20.0 Å². The van der Waals surface area contributed by atoms with Crippen molar-refractivity contribution in [2.24, 2.45) is 0 Å². The first kappa shape index (κ1) is 19.0. The average molecular weight is 395 g/mol. The van der Waals surface area contributed by atoms with Gasteiger partial charge in [-0.3, -0.25) is 0 Å². The highest BCUT2D eigenvalue weighted by molar-refractivity contribution is 7.89. The Morgan fingerprint density at radius 2 is 0.962 bits per heavy atom. The van der Waals surface area contributed by atoms with Crippen LogP contribution in [0, 0.1) is 0 Å². The topological polar surface area (TPSA) is 74.8 Å². The molecule has 0 aliphatic carbocycles. The van der Waals surface area contributed by atoms with Gasteiger partial charge in [-0.15, -0.1) is 0 Å². The van der Waals surface area contributed by atoms with Gasteiger partial charge in [0, 0.05) is 25.2 Å². The zero-order valence-corrected chi connectivity index (χ0v) is 16.3. The monoisotopic (exact) mass is 394 g/mol. The van der Waals surface area contributed by atoms with Crippen molar-refractivity contribution < 1.29 is 16.8 Å². The van der Waals surface area contributed by atoms with E-state index in [4.69, 9.17) is 0 Å². The molecule has 1 aliphatic rings. The predicted octanol–water partition coefficient (Wildman–Crippen LogP) is 2.16. The van der Waals surface area contributed by atoms with Gasteiger partial charge in [-0.05, 0) is 38.1 Å². The Kier molecular flexibility index (Phi) is 5.21. The lowest BCUT2D eigenvalue weighted by Gasteiger charge is -2.42. The van der Waals surface area contributed by atoms with E-state index in [1.165, 1.54) is 8.61 Å². The predicted molar refractivity (Wildman–Crippen MR) is 99.6 cm³/mol. The van der Waals surface area contributed by atoms with Gasteiger partial charge in [0.1, 0.15) is 0 Å². The molecule has 2 atom stereocenters. The van der Waals surface area contributed by atoms with Crippen LogP contribution in [0.2, 0.25) is 0 Å². The van der Waals surface area contributed by atoms with Gasteiger partial charge in [0.05, 0.1) is 9.79 Å². The highest BCUT2D eigenvalue weighted by Gasteiger charge is 2.41. The number of nitrogens with zero attached hydrogens (tertiary/aromatic N) is 2. The van der Waals surface area contributed by atoms with Crippen LogP contribution in [0.1, 0.15) is 13.8 Å². The number of piperazine rings is 1. The van der Waals surface area contributed by atoms with E-state index in [0.29, 0.717) is 0 Å². The van der Waals surface area contributed by atoms with Crippen molar-refractivity contribution in [2.45, 2.75) is 35.7 Å². The summed E-state index contributed by atoms with van der Waals surface area (Å²) in [5.41, 5.74) is 0. The second-order valence-electron chi connectivity index (χ2n) is 6.47. The first-order valence-electron chi connectivity index (χ1n) is 8.38. The minimum Gasteiger partial charge on any atom is -0.207 e. The van der Waals surface area contributed by atoms with Gasteiger partial charge in [-0.25, -0.2) is 16.8 Å². The molecule has 6 nitrogen and oxygen atoms in total. The van der Waals surface area contributed by atoms with Crippen LogP contribution >= 0.6 is 0 Å². The molecule has 1 aliphatic heterocycles. The third-order valence-corrected chi connectivity index (χ3v) is 8.56. The molecule has 0 saturated carbocycles. The van der Waals surface area contributed by atoms with Crippen molar-refractivity contribution in [3.63, 3.8) is 0 Å². The summed E-state index contributed by atoms with van der Waals surface area (Å²) < 4.78 is 54.5. The quantitative estimate of drug-likeness (QED) is 0.796. The number of benzene rings is 2. The Morgan fingerprint density at radius 3 is 1.27 bits per heavy atom. The molecule has 1 saturated heterocycles. The van der Waals surface area contributed by atoms with Gasteiger partial charge in [0.25, 0.3) is 0 Å². The Bertz CT molecular complexity index is 879. The van der Waals surface area contributed by atoms with Crippen LogP contribution in [0.5, 0.6) is 0 Å². The maximum Gasteiger partial charge on any atom is 0.243 e. The highest BCUT2D eigenvalue weighted by Crippen LogP contribution is 2.27. The summed E-state index contributed by atoms with van der Waals surface area (Å²) in [6.07, 6.45) is 0. The molecule has 2 aromatic rings. The highest BCUT2D eigenvalue weighted by atomic mass is 32.2. The van der Waals surface area contributed by atoms with E-state index in [1.807, 2.05) is 0 Å². The Hall–Kier alpha value is -1.74. The standard InChI is InChI=1S/C18H22N2O4S2/c1-15-13-20(26(23,24)18-11-7-4-8-12-18)16(2)14-19(15)25(21,22)17-9-5-3-6-10-17/h3-12,15-16H,13-14H2,1-2H3/t15-,16-/m1/s1. The largest absolute Gasteiger partial charge is 0.243 e. The summed E-state index contributed by atoms with van der Waals surface area (Å²) in [5, 5.41) is 0. The normalized spacial score (nSPS) is 23.0. The Balaban J connectivity index is 1.89. The molecule has 26 heavy (non-hydrogen) atoms. The molecule has 1 fully saturated rings. The molecule has 2 aromatic carbocycles. The van der Waals surface area contributed by atoms with Gasteiger partial charge in [-0.2, -0.15) is 8.61 Å². The van der Waals surface area contributed by atoms with E-state index in [1.54, 1.807) is 74.5 Å². The molecule has 1 heterocycles. The Labute approximate surface area is 155 Å². The van der Waals surface area contributed by atoms with Crippen LogP contribution in [-0.4, -0.2) is 50.6 Å². The van der Waals surface area contributed by atoms with Gasteiger partial charge in [-0.1, -0.05) is 36.4 Å². The van der Waals surface area contributed by atoms with Crippen LogP contribution in [-0.2, 0) is 20.0 Å². The van der Waals surface area contributed by atoms with Crippen molar-refractivity contribution in [3.8, 4) is 0 Å². The summed E-state index contributed by atoms with van der Waals surface area (Å²) >= 11 is 0. The molecular weight excluding hydrogens is 372 g/mol. The summed E-state index contributed by atoms with van der Waals surface area (Å²) in [6.45, 7) is 3.70. The van der Waals surface area contributed by atoms with E-state index in [9.17, 15) is 16.8 Å². The smallest absolute Gasteiger partial charge is 0.207 e. The van der Waals surface area contributed by atoms with Crippen LogP contribution in [0.3, 0.4) is 0 Å². The molecular formula is C18H22N2O4S2. The van der Waals surface area contributed by atoms with Gasteiger partial charge in [0.15, 0.2) is 0 Å². The van der Waals surface area contributed by atoms with Gasteiger partial charge >= 0.3 is 0 Å². The fourth-order valence-electron chi connectivity index (χ4n) is 3.19. The minimum atomic E-state index is -3.67. The summed E-state index contributed by atoms with van der Waals surface area (Å²) in [6, 6.07) is 15.5. The Morgan fingerprint density at radius 1 is 0.654 bits per heavy atom. The van der Waals surface area contributed by atoms with Crippen molar-refractivity contribution in [2.75, 3.05) is 13.1 Å². The first-order chi connectivity index (χ1) is 12.2. The zero-order valence-electron chi connectivity index (χ0n) is 14.7. The molecule has 0 spiro atoms. The minimum absolute atomic E-state index is 0.116. The molecule has 0 aromatic heterocycles. The molecule has 0 N–H and O–H groups in total. The maximum atomic E-state index is 12.9. The first-order valence-corrected chi connectivity index (χ1v) is 11.3. The lowest BCUT2D eigenvalue weighted by Crippen LogP contribution is -2.59. The molecule has 8 heteroatoms. The van der Waals surface area contributed by atoms with E-state index in [0.717, 1.165) is 0 Å². The maximum absolute atomic E-state index is 12.9. The SMILES string of the molecule is C[C@@H]1CN(S(=O)(=O)c2ccccc2)[C@H](C)CN1S(=O)(=O)c1ccccc1. The number of hydrogen-bond donors (Lipinski definition) is 0. The van der Waals surface area contributed by atoms with Crippen molar-refractivity contribution in [3.05, 3.63) is 60.7 Å². The third kappa shape index (κ3) is 3.42. The lowest BCUT2D eigenvalue weighted by molar-refractivity contribution is 0.164. The molecule has 140 valence electrons. The molecule has 0 amide bonds. The second kappa shape index (κ2) is 7.11. The molecule has 0 bridgehead atoms. The van der Waals surface area contributed by atoms with Crippen LogP contribution in [0.15, 0.2) is 70.5 Å². The fraction of sp³-hybridized carbons (Fsp3) is 0.333. The number of sulfonamides is 2. The van der Waals surface area contributed by atoms with Crippen molar-refractivity contribution in [1.82, 2.24) is 8.61 Å². The van der Waals surface area contributed by atoms with Crippen LogP contribution in [0.25, 0.3) is 0 Å². The number of hydrogen-bond acceptors (Lipinski definition) is 4. The number of rotatable bonds is 4. The van der Waals surface area contributed by atoms with E-state index in [2.05, 4.69) is 0 Å². The average Bonchev–Trinajstić information content (AvgIpc) is 2.64. The summed E-state index contributed by atoms with van der Waals surface area (Å²) in [4.78, 5) is 0.442.